The maximum absolute atomic E-state index is 11.6. The Morgan fingerprint density at radius 3 is 2.74 bits per heavy atom. The van der Waals surface area contributed by atoms with Gasteiger partial charge in [0.05, 0.1) is 17.6 Å². The molecule has 1 aromatic rings. The van der Waals surface area contributed by atoms with Crippen molar-refractivity contribution < 1.29 is 8.42 Å². The molecule has 0 saturated heterocycles. The third-order valence-corrected chi connectivity index (χ3v) is 4.62. The third kappa shape index (κ3) is 4.92. The molecule has 0 aliphatic heterocycles. The van der Waals surface area contributed by atoms with Crippen molar-refractivity contribution in [1.29, 1.82) is 0 Å². The van der Waals surface area contributed by atoms with Crippen molar-refractivity contribution in [2.75, 3.05) is 24.2 Å². The SMILES string of the molecule is CCS(=O)(=O)NCCCNc1cnn(C)c(=O)c1Br. The number of halogens is 1. The average molecular weight is 353 g/mol. The molecular weight excluding hydrogens is 336 g/mol. The van der Waals surface area contributed by atoms with Gasteiger partial charge in [-0.05, 0) is 29.3 Å². The molecule has 0 aliphatic carbocycles. The monoisotopic (exact) mass is 352 g/mol. The first-order valence-electron chi connectivity index (χ1n) is 5.80. The zero-order chi connectivity index (χ0) is 14.5. The minimum atomic E-state index is -3.14. The quantitative estimate of drug-likeness (QED) is 0.687. The van der Waals surface area contributed by atoms with E-state index in [1.807, 2.05) is 0 Å². The minimum Gasteiger partial charge on any atom is -0.383 e. The molecule has 0 bridgehead atoms. The average Bonchev–Trinajstić information content (AvgIpc) is 2.38. The Balaban J connectivity index is 2.43. The van der Waals surface area contributed by atoms with Gasteiger partial charge < -0.3 is 5.32 Å². The van der Waals surface area contributed by atoms with Crippen molar-refractivity contribution in [2.24, 2.45) is 7.05 Å². The van der Waals surface area contributed by atoms with Crippen molar-refractivity contribution in [2.45, 2.75) is 13.3 Å². The molecule has 1 aromatic heterocycles. The lowest BCUT2D eigenvalue weighted by Crippen LogP contribution is -2.27. The molecule has 0 aromatic carbocycles. The maximum Gasteiger partial charge on any atom is 0.282 e. The molecule has 1 rings (SSSR count). The zero-order valence-corrected chi connectivity index (χ0v) is 13.2. The van der Waals surface area contributed by atoms with Gasteiger partial charge in [0.2, 0.25) is 10.0 Å². The van der Waals surface area contributed by atoms with E-state index in [0.29, 0.717) is 29.7 Å². The van der Waals surface area contributed by atoms with Gasteiger partial charge in [-0.15, -0.1) is 0 Å². The molecule has 0 aliphatic rings. The number of aromatic nitrogens is 2. The van der Waals surface area contributed by atoms with Gasteiger partial charge in [-0.2, -0.15) is 5.10 Å². The van der Waals surface area contributed by atoms with Crippen LogP contribution in [0, 0.1) is 0 Å². The highest BCUT2D eigenvalue weighted by molar-refractivity contribution is 9.10. The van der Waals surface area contributed by atoms with Gasteiger partial charge >= 0.3 is 0 Å². The van der Waals surface area contributed by atoms with Gasteiger partial charge in [-0.1, -0.05) is 0 Å². The molecule has 2 N–H and O–H groups in total. The number of hydrogen-bond donors (Lipinski definition) is 2. The summed E-state index contributed by atoms with van der Waals surface area (Å²) in [5, 5.41) is 6.92. The summed E-state index contributed by atoms with van der Waals surface area (Å²) >= 11 is 3.20. The topological polar surface area (TPSA) is 93.1 Å². The third-order valence-electron chi connectivity index (χ3n) is 2.45. The molecule has 0 spiro atoms. The zero-order valence-electron chi connectivity index (χ0n) is 10.8. The van der Waals surface area contributed by atoms with Gasteiger partial charge in [-0.3, -0.25) is 4.79 Å². The number of nitrogens with one attached hydrogen (secondary N) is 2. The summed E-state index contributed by atoms with van der Waals surface area (Å²) in [6.07, 6.45) is 2.16. The first kappa shape index (κ1) is 16.1. The van der Waals surface area contributed by atoms with Crippen LogP contribution in [0.15, 0.2) is 15.5 Å². The Morgan fingerprint density at radius 2 is 2.11 bits per heavy atom. The molecule has 0 saturated carbocycles. The molecule has 9 heteroatoms. The van der Waals surface area contributed by atoms with Gasteiger partial charge in [0.15, 0.2) is 0 Å². The molecule has 0 atom stereocenters. The van der Waals surface area contributed by atoms with Crippen LogP contribution in [0.5, 0.6) is 0 Å². The van der Waals surface area contributed by atoms with Gasteiger partial charge in [0.1, 0.15) is 4.47 Å². The van der Waals surface area contributed by atoms with Crippen molar-refractivity contribution in [3.05, 3.63) is 21.0 Å². The Labute approximate surface area is 120 Å². The highest BCUT2D eigenvalue weighted by Gasteiger charge is 2.07. The van der Waals surface area contributed by atoms with Crippen molar-refractivity contribution >= 4 is 31.6 Å². The fourth-order valence-corrected chi connectivity index (χ4v) is 2.43. The molecule has 7 nitrogen and oxygen atoms in total. The fraction of sp³-hybridized carbons (Fsp3) is 0.600. The summed E-state index contributed by atoms with van der Waals surface area (Å²) in [5.74, 6) is 0.0740. The van der Waals surface area contributed by atoms with E-state index in [9.17, 15) is 13.2 Å². The second kappa shape index (κ2) is 7.01. The van der Waals surface area contributed by atoms with E-state index >= 15 is 0 Å². The van der Waals surface area contributed by atoms with Crippen LogP contribution in [0.3, 0.4) is 0 Å². The highest BCUT2D eigenvalue weighted by Crippen LogP contribution is 2.15. The molecule has 0 amide bonds. The standard InChI is InChI=1S/C10H17BrN4O3S/c1-3-19(17,18)14-6-4-5-12-8-7-13-15(2)10(16)9(8)11/h7,12,14H,3-6H2,1-2H3. The maximum atomic E-state index is 11.6. The van der Waals surface area contributed by atoms with E-state index in [4.69, 9.17) is 0 Å². The van der Waals surface area contributed by atoms with E-state index in [0.717, 1.165) is 0 Å². The van der Waals surface area contributed by atoms with E-state index in [-0.39, 0.29) is 11.3 Å². The second-order valence-corrected chi connectivity index (χ2v) is 6.77. The molecule has 1 heterocycles. The van der Waals surface area contributed by atoms with Crippen LogP contribution in [0.1, 0.15) is 13.3 Å². The summed E-state index contributed by atoms with van der Waals surface area (Å²) in [7, 11) is -1.57. The Hall–Kier alpha value is -0.930. The molecule has 0 radical (unpaired) electrons. The Bertz CT molecular complexity index is 585. The van der Waals surface area contributed by atoms with Crippen molar-refractivity contribution in [3.63, 3.8) is 0 Å². The largest absolute Gasteiger partial charge is 0.383 e. The predicted octanol–water partition coefficient (Wildman–Crippen LogP) is 0.284. The number of rotatable bonds is 7. The van der Waals surface area contributed by atoms with Crippen LogP contribution in [0.25, 0.3) is 0 Å². The Morgan fingerprint density at radius 1 is 1.42 bits per heavy atom. The van der Waals surface area contributed by atoms with Crippen LogP contribution < -0.4 is 15.6 Å². The molecule has 19 heavy (non-hydrogen) atoms. The number of nitrogens with zero attached hydrogens (tertiary/aromatic N) is 2. The highest BCUT2D eigenvalue weighted by atomic mass is 79.9. The normalized spacial score (nSPS) is 11.5. The van der Waals surface area contributed by atoms with Crippen LogP contribution in [0.2, 0.25) is 0 Å². The van der Waals surface area contributed by atoms with E-state index in [2.05, 4.69) is 31.1 Å². The van der Waals surface area contributed by atoms with Gasteiger partial charge in [-0.25, -0.2) is 17.8 Å². The predicted molar refractivity (Wildman–Crippen MR) is 77.7 cm³/mol. The first-order chi connectivity index (χ1) is 8.87. The van der Waals surface area contributed by atoms with E-state index in [1.54, 1.807) is 20.2 Å². The summed E-state index contributed by atoms with van der Waals surface area (Å²) in [4.78, 5) is 11.6. The van der Waals surface area contributed by atoms with Crippen molar-refractivity contribution in [3.8, 4) is 0 Å². The number of anilines is 1. The van der Waals surface area contributed by atoms with E-state index < -0.39 is 10.0 Å². The summed E-state index contributed by atoms with van der Waals surface area (Å²) in [5.41, 5.74) is 0.373. The lowest BCUT2D eigenvalue weighted by molar-refractivity contribution is 0.581. The van der Waals surface area contributed by atoms with Gasteiger partial charge in [0, 0.05) is 20.1 Å². The fourth-order valence-electron chi connectivity index (χ4n) is 1.28. The van der Waals surface area contributed by atoms with Crippen LogP contribution in [-0.4, -0.2) is 37.0 Å². The van der Waals surface area contributed by atoms with Crippen LogP contribution in [-0.2, 0) is 17.1 Å². The smallest absolute Gasteiger partial charge is 0.282 e. The van der Waals surface area contributed by atoms with Crippen molar-refractivity contribution in [1.82, 2.24) is 14.5 Å². The number of aryl methyl sites for hydroxylation is 1. The Kier molecular flexibility index (Phi) is 5.95. The number of sulfonamides is 1. The summed E-state index contributed by atoms with van der Waals surface area (Å²) in [6, 6.07) is 0. The summed E-state index contributed by atoms with van der Waals surface area (Å²) in [6.45, 7) is 2.49. The summed E-state index contributed by atoms with van der Waals surface area (Å²) < 4.78 is 26.5. The first-order valence-corrected chi connectivity index (χ1v) is 8.25. The number of hydrogen-bond acceptors (Lipinski definition) is 5. The van der Waals surface area contributed by atoms with Crippen LogP contribution >= 0.6 is 15.9 Å². The lowest BCUT2D eigenvalue weighted by atomic mass is 10.4. The van der Waals surface area contributed by atoms with Crippen LogP contribution in [0.4, 0.5) is 5.69 Å². The molecule has 108 valence electrons. The second-order valence-electron chi connectivity index (χ2n) is 3.88. The van der Waals surface area contributed by atoms with Gasteiger partial charge in [0.25, 0.3) is 5.56 Å². The minimum absolute atomic E-state index is 0.0740. The lowest BCUT2D eigenvalue weighted by Gasteiger charge is -2.09. The molecule has 0 fully saturated rings. The van der Waals surface area contributed by atoms with E-state index in [1.165, 1.54) is 4.68 Å². The molecule has 0 unspecified atom stereocenters. The molecular formula is C10H17BrN4O3S.